The molecule has 4 rings (SSSR count). The lowest BCUT2D eigenvalue weighted by Crippen LogP contribution is -2.41. The normalized spacial score (nSPS) is 22.2. The molecule has 2 saturated heterocycles. The Kier molecular flexibility index (Phi) is 4.91. The first-order chi connectivity index (χ1) is 13.0. The molecule has 0 unspecified atom stereocenters. The molecule has 0 bridgehead atoms. The summed E-state index contributed by atoms with van der Waals surface area (Å²) in [7, 11) is 0. The van der Waals surface area contributed by atoms with Crippen molar-refractivity contribution in [3.63, 3.8) is 0 Å². The molecule has 1 aromatic carbocycles. The molecule has 1 aromatic heterocycles. The minimum absolute atomic E-state index is 0.0929. The Balaban J connectivity index is 1.64. The standard InChI is InChI=1S/C21H28N4O2/c1-21(2)8-9-25(17(21)14-16-6-4-3-5-7-16)20-22-18(15-19(26)23-20)24-10-12-27-13-11-24/h3-7,15,17H,8-14H2,1-2H3,(H,22,23,26)/t17-/m1/s1. The fourth-order valence-electron chi connectivity index (χ4n) is 4.15. The number of anilines is 2. The van der Waals surface area contributed by atoms with Crippen LogP contribution >= 0.6 is 0 Å². The molecule has 2 aliphatic heterocycles. The minimum Gasteiger partial charge on any atom is -0.378 e. The molecule has 0 amide bonds. The Morgan fingerprint density at radius 1 is 1.19 bits per heavy atom. The highest BCUT2D eigenvalue weighted by atomic mass is 16.5. The average molecular weight is 368 g/mol. The van der Waals surface area contributed by atoms with Gasteiger partial charge >= 0.3 is 0 Å². The summed E-state index contributed by atoms with van der Waals surface area (Å²) in [6.07, 6.45) is 2.02. The molecule has 2 aromatic rings. The van der Waals surface area contributed by atoms with Crippen LogP contribution in [0.1, 0.15) is 25.8 Å². The summed E-state index contributed by atoms with van der Waals surface area (Å²) >= 11 is 0. The van der Waals surface area contributed by atoms with Crippen LogP contribution in [0.4, 0.5) is 11.8 Å². The number of ether oxygens (including phenoxy) is 1. The van der Waals surface area contributed by atoms with Crippen molar-refractivity contribution in [2.24, 2.45) is 5.41 Å². The average Bonchev–Trinajstić information content (AvgIpc) is 2.97. The predicted octanol–water partition coefficient (Wildman–Crippen LogP) is 2.45. The lowest BCUT2D eigenvalue weighted by Gasteiger charge is -2.34. The van der Waals surface area contributed by atoms with Gasteiger partial charge in [-0.25, -0.2) is 0 Å². The van der Waals surface area contributed by atoms with Crippen LogP contribution in [0.15, 0.2) is 41.2 Å². The molecule has 0 spiro atoms. The van der Waals surface area contributed by atoms with E-state index in [4.69, 9.17) is 9.72 Å². The molecule has 0 radical (unpaired) electrons. The Hall–Kier alpha value is -2.34. The Labute approximate surface area is 160 Å². The molecule has 3 heterocycles. The summed E-state index contributed by atoms with van der Waals surface area (Å²) < 4.78 is 5.43. The molecule has 1 atom stereocenters. The number of hydrogen-bond donors (Lipinski definition) is 1. The van der Waals surface area contributed by atoms with Crippen molar-refractivity contribution in [3.05, 3.63) is 52.3 Å². The van der Waals surface area contributed by atoms with Crippen LogP contribution in [-0.2, 0) is 11.2 Å². The quantitative estimate of drug-likeness (QED) is 0.898. The van der Waals surface area contributed by atoms with Gasteiger partial charge < -0.3 is 14.5 Å². The van der Waals surface area contributed by atoms with Crippen LogP contribution in [0.25, 0.3) is 0 Å². The van der Waals surface area contributed by atoms with Crippen molar-refractivity contribution < 1.29 is 4.74 Å². The van der Waals surface area contributed by atoms with E-state index in [1.165, 1.54) is 5.56 Å². The topological polar surface area (TPSA) is 61.5 Å². The largest absolute Gasteiger partial charge is 0.378 e. The van der Waals surface area contributed by atoms with Crippen molar-refractivity contribution in [2.75, 3.05) is 42.6 Å². The van der Waals surface area contributed by atoms with Crippen molar-refractivity contribution in [3.8, 4) is 0 Å². The van der Waals surface area contributed by atoms with Crippen molar-refractivity contribution >= 4 is 11.8 Å². The number of morpholine rings is 1. The first kappa shape index (κ1) is 18.0. The van der Waals surface area contributed by atoms with E-state index in [0.717, 1.165) is 38.3 Å². The first-order valence-corrected chi connectivity index (χ1v) is 9.77. The molecule has 0 saturated carbocycles. The maximum absolute atomic E-state index is 12.4. The number of hydrogen-bond acceptors (Lipinski definition) is 5. The molecule has 1 N–H and O–H groups in total. The first-order valence-electron chi connectivity index (χ1n) is 9.77. The number of aromatic nitrogens is 2. The Morgan fingerprint density at radius 2 is 1.93 bits per heavy atom. The van der Waals surface area contributed by atoms with Gasteiger partial charge in [-0.3, -0.25) is 9.78 Å². The Bertz CT molecular complexity index is 828. The highest BCUT2D eigenvalue weighted by Gasteiger charge is 2.41. The minimum atomic E-state index is -0.0929. The summed E-state index contributed by atoms with van der Waals surface area (Å²) in [5.41, 5.74) is 1.38. The second-order valence-electron chi connectivity index (χ2n) is 8.16. The van der Waals surface area contributed by atoms with Gasteiger partial charge in [0.05, 0.1) is 13.2 Å². The smallest absolute Gasteiger partial charge is 0.254 e. The number of nitrogens with zero attached hydrogens (tertiary/aromatic N) is 3. The molecule has 6 heteroatoms. The third kappa shape index (κ3) is 3.86. The van der Waals surface area contributed by atoms with Crippen molar-refractivity contribution in [2.45, 2.75) is 32.7 Å². The molecular weight excluding hydrogens is 340 g/mol. The molecule has 144 valence electrons. The molecular formula is C21H28N4O2. The van der Waals surface area contributed by atoms with Gasteiger partial charge in [0.2, 0.25) is 5.95 Å². The lowest BCUT2D eigenvalue weighted by atomic mass is 9.81. The summed E-state index contributed by atoms with van der Waals surface area (Å²) in [5.74, 6) is 1.44. The Morgan fingerprint density at radius 3 is 2.67 bits per heavy atom. The third-order valence-electron chi connectivity index (χ3n) is 5.87. The summed E-state index contributed by atoms with van der Waals surface area (Å²) in [4.78, 5) is 24.6. The number of aromatic amines is 1. The van der Waals surface area contributed by atoms with Crippen LogP contribution in [-0.4, -0.2) is 48.9 Å². The van der Waals surface area contributed by atoms with Gasteiger partial charge in [0.25, 0.3) is 5.56 Å². The summed E-state index contributed by atoms with van der Waals surface area (Å²) in [5, 5.41) is 0. The third-order valence-corrected chi connectivity index (χ3v) is 5.87. The lowest BCUT2D eigenvalue weighted by molar-refractivity contribution is 0.122. The van der Waals surface area contributed by atoms with Crippen molar-refractivity contribution in [1.29, 1.82) is 0 Å². The second kappa shape index (κ2) is 7.35. The van der Waals surface area contributed by atoms with Crippen LogP contribution in [0, 0.1) is 5.41 Å². The van der Waals surface area contributed by atoms with Crippen molar-refractivity contribution in [1.82, 2.24) is 9.97 Å². The molecule has 2 aliphatic rings. The number of benzene rings is 1. The number of H-pyrrole nitrogens is 1. The summed E-state index contributed by atoms with van der Waals surface area (Å²) in [6, 6.07) is 12.5. The zero-order chi connectivity index (χ0) is 18.9. The maximum atomic E-state index is 12.4. The highest BCUT2D eigenvalue weighted by molar-refractivity contribution is 5.46. The van der Waals surface area contributed by atoms with E-state index in [1.807, 2.05) is 6.07 Å². The van der Waals surface area contributed by atoms with Gasteiger partial charge in [0.15, 0.2) is 0 Å². The monoisotopic (exact) mass is 368 g/mol. The van der Waals surface area contributed by atoms with Gasteiger partial charge in [-0.2, -0.15) is 4.98 Å². The zero-order valence-electron chi connectivity index (χ0n) is 16.1. The maximum Gasteiger partial charge on any atom is 0.254 e. The van der Waals surface area contributed by atoms with E-state index < -0.39 is 0 Å². The summed E-state index contributed by atoms with van der Waals surface area (Å²) in [6.45, 7) is 8.42. The number of nitrogens with one attached hydrogen (secondary N) is 1. The SMILES string of the molecule is CC1(C)CCN(c2nc(N3CCOCC3)cc(=O)[nH]2)[C@@H]1Cc1ccccc1. The molecule has 2 fully saturated rings. The van der Waals surface area contributed by atoms with E-state index in [2.05, 4.69) is 52.9 Å². The fraction of sp³-hybridized carbons (Fsp3) is 0.524. The van der Waals surface area contributed by atoms with Crippen LogP contribution in [0.5, 0.6) is 0 Å². The predicted molar refractivity (Wildman–Crippen MR) is 108 cm³/mol. The van der Waals surface area contributed by atoms with E-state index in [9.17, 15) is 4.79 Å². The highest BCUT2D eigenvalue weighted by Crippen LogP contribution is 2.39. The van der Waals surface area contributed by atoms with E-state index in [1.54, 1.807) is 6.07 Å². The van der Waals surface area contributed by atoms with Gasteiger partial charge in [-0.1, -0.05) is 44.2 Å². The van der Waals surface area contributed by atoms with Gasteiger partial charge in [-0.15, -0.1) is 0 Å². The van der Waals surface area contributed by atoms with Gasteiger partial charge in [-0.05, 0) is 23.8 Å². The van der Waals surface area contributed by atoms with Crippen LogP contribution < -0.4 is 15.4 Å². The van der Waals surface area contributed by atoms with E-state index >= 15 is 0 Å². The second-order valence-corrected chi connectivity index (χ2v) is 8.16. The fourth-order valence-corrected chi connectivity index (χ4v) is 4.15. The van der Waals surface area contributed by atoms with E-state index in [-0.39, 0.29) is 11.0 Å². The molecule has 27 heavy (non-hydrogen) atoms. The van der Waals surface area contributed by atoms with Gasteiger partial charge in [0, 0.05) is 31.7 Å². The number of rotatable bonds is 4. The molecule has 0 aliphatic carbocycles. The molecule has 6 nitrogen and oxygen atoms in total. The van der Waals surface area contributed by atoms with Crippen LogP contribution in [0.2, 0.25) is 0 Å². The van der Waals surface area contributed by atoms with Gasteiger partial charge in [0.1, 0.15) is 5.82 Å². The zero-order valence-corrected chi connectivity index (χ0v) is 16.1. The van der Waals surface area contributed by atoms with E-state index in [0.29, 0.717) is 25.2 Å². The van der Waals surface area contributed by atoms with Crippen LogP contribution in [0.3, 0.4) is 0 Å².